The van der Waals surface area contributed by atoms with Crippen LogP contribution in [-0.4, -0.2) is 5.78 Å². The molecule has 0 N–H and O–H groups in total. The van der Waals surface area contributed by atoms with Crippen LogP contribution < -0.4 is 0 Å². The van der Waals surface area contributed by atoms with Crippen LogP contribution in [0, 0.1) is 5.92 Å². The minimum Gasteiger partial charge on any atom is -0.293 e. The first-order chi connectivity index (χ1) is 9.78. The van der Waals surface area contributed by atoms with Gasteiger partial charge >= 0.3 is 0 Å². The molecule has 0 amide bonds. The monoisotopic (exact) mass is 284 g/mol. The molecule has 1 aromatic heterocycles. The molecule has 1 aliphatic carbocycles. The molecular formula is C18H20OS. The van der Waals surface area contributed by atoms with Gasteiger partial charge < -0.3 is 0 Å². The van der Waals surface area contributed by atoms with Gasteiger partial charge in [0.25, 0.3) is 0 Å². The number of rotatable bonds is 6. The van der Waals surface area contributed by atoms with E-state index in [0.29, 0.717) is 11.7 Å². The van der Waals surface area contributed by atoms with Crippen LogP contribution in [-0.2, 0) is 6.42 Å². The van der Waals surface area contributed by atoms with Crippen molar-refractivity contribution in [1.82, 2.24) is 0 Å². The lowest BCUT2D eigenvalue weighted by Crippen LogP contribution is -1.96. The Hall–Kier alpha value is -1.41. The summed E-state index contributed by atoms with van der Waals surface area (Å²) in [5, 5.41) is 0. The van der Waals surface area contributed by atoms with Gasteiger partial charge in [0, 0.05) is 10.8 Å². The Morgan fingerprint density at radius 2 is 1.90 bits per heavy atom. The molecule has 1 aliphatic rings. The van der Waals surface area contributed by atoms with E-state index in [4.69, 9.17) is 0 Å². The molecule has 0 saturated heterocycles. The summed E-state index contributed by atoms with van der Waals surface area (Å²) in [5.41, 5.74) is 2.63. The molecule has 0 spiro atoms. The summed E-state index contributed by atoms with van der Waals surface area (Å²) < 4.78 is 0. The van der Waals surface area contributed by atoms with E-state index in [1.54, 1.807) is 11.3 Å². The largest absolute Gasteiger partial charge is 0.293 e. The number of aryl methyl sites for hydroxylation is 1. The van der Waals surface area contributed by atoms with Crippen LogP contribution in [0.2, 0.25) is 0 Å². The number of carbonyl (C=O) groups is 1. The molecule has 1 nitrogen and oxygen atoms in total. The van der Waals surface area contributed by atoms with E-state index in [-0.39, 0.29) is 0 Å². The van der Waals surface area contributed by atoms with Crippen molar-refractivity contribution < 1.29 is 4.79 Å². The SMILES string of the molecule is CCCCc1ccc(-c2ccc(C(=O)C3CC3)s2)cc1. The number of benzene rings is 1. The fourth-order valence-corrected chi connectivity index (χ4v) is 3.42. The number of carbonyl (C=O) groups excluding carboxylic acids is 1. The maximum Gasteiger partial charge on any atom is 0.175 e. The van der Waals surface area contributed by atoms with Gasteiger partial charge in [0.15, 0.2) is 5.78 Å². The third-order valence-corrected chi connectivity index (χ3v) is 5.00. The minimum absolute atomic E-state index is 0.318. The van der Waals surface area contributed by atoms with Gasteiger partial charge in [-0.15, -0.1) is 11.3 Å². The van der Waals surface area contributed by atoms with E-state index in [1.807, 2.05) is 6.07 Å². The van der Waals surface area contributed by atoms with Gasteiger partial charge in [-0.3, -0.25) is 4.79 Å². The van der Waals surface area contributed by atoms with Crippen molar-refractivity contribution in [2.45, 2.75) is 39.0 Å². The molecule has 2 aromatic rings. The summed E-state index contributed by atoms with van der Waals surface area (Å²) in [6.45, 7) is 2.22. The molecule has 0 unspecified atom stereocenters. The molecule has 1 saturated carbocycles. The van der Waals surface area contributed by atoms with E-state index < -0.39 is 0 Å². The molecule has 1 fully saturated rings. The lowest BCUT2D eigenvalue weighted by atomic mass is 10.1. The fourth-order valence-electron chi connectivity index (χ4n) is 2.39. The summed E-state index contributed by atoms with van der Waals surface area (Å²) in [6, 6.07) is 12.9. The van der Waals surface area contributed by atoms with Gasteiger partial charge in [0.2, 0.25) is 0 Å². The second-order valence-electron chi connectivity index (χ2n) is 5.60. The quantitative estimate of drug-likeness (QED) is 0.653. The summed E-state index contributed by atoms with van der Waals surface area (Å²) in [6.07, 6.45) is 5.81. The Balaban J connectivity index is 1.73. The number of thiophene rings is 1. The van der Waals surface area contributed by atoms with Gasteiger partial charge in [-0.05, 0) is 48.9 Å². The fraction of sp³-hybridized carbons (Fsp3) is 0.389. The average Bonchev–Trinajstić information content (AvgIpc) is 3.22. The summed E-state index contributed by atoms with van der Waals surface area (Å²) >= 11 is 1.64. The lowest BCUT2D eigenvalue weighted by molar-refractivity contribution is 0.0971. The first-order valence-corrected chi connectivity index (χ1v) is 8.33. The summed E-state index contributed by atoms with van der Waals surface area (Å²) in [4.78, 5) is 14.2. The molecule has 2 heteroatoms. The minimum atomic E-state index is 0.318. The Kier molecular flexibility index (Phi) is 4.02. The molecule has 20 heavy (non-hydrogen) atoms. The maximum atomic E-state index is 12.0. The van der Waals surface area contributed by atoms with E-state index in [2.05, 4.69) is 37.3 Å². The lowest BCUT2D eigenvalue weighted by Gasteiger charge is -2.02. The zero-order valence-corrected chi connectivity index (χ0v) is 12.7. The number of hydrogen-bond donors (Lipinski definition) is 0. The molecule has 0 bridgehead atoms. The maximum absolute atomic E-state index is 12.0. The highest BCUT2D eigenvalue weighted by molar-refractivity contribution is 7.17. The van der Waals surface area contributed by atoms with Crippen molar-refractivity contribution in [2.75, 3.05) is 0 Å². The Bertz CT molecular complexity index is 590. The van der Waals surface area contributed by atoms with E-state index in [0.717, 1.165) is 24.1 Å². The third kappa shape index (κ3) is 3.01. The van der Waals surface area contributed by atoms with Crippen LogP contribution >= 0.6 is 11.3 Å². The predicted octanol–water partition coefficient (Wildman–Crippen LogP) is 5.35. The van der Waals surface area contributed by atoms with Crippen molar-refractivity contribution in [3.8, 4) is 10.4 Å². The highest BCUT2D eigenvalue weighted by Crippen LogP contribution is 2.36. The average molecular weight is 284 g/mol. The molecule has 0 atom stereocenters. The second kappa shape index (κ2) is 5.92. The summed E-state index contributed by atoms with van der Waals surface area (Å²) in [7, 11) is 0. The van der Waals surface area contributed by atoms with Gasteiger partial charge in [-0.2, -0.15) is 0 Å². The molecule has 3 rings (SSSR count). The van der Waals surface area contributed by atoms with Crippen molar-refractivity contribution in [3.05, 3.63) is 46.8 Å². The summed E-state index contributed by atoms with van der Waals surface area (Å²) in [5.74, 6) is 0.665. The van der Waals surface area contributed by atoms with Crippen LogP contribution in [0.4, 0.5) is 0 Å². The molecule has 104 valence electrons. The second-order valence-corrected chi connectivity index (χ2v) is 6.69. The Morgan fingerprint density at radius 1 is 1.15 bits per heavy atom. The molecule has 0 radical (unpaired) electrons. The van der Waals surface area contributed by atoms with Gasteiger partial charge in [0.05, 0.1) is 4.88 Å². The molecule has 1 aromatic carbocycles. The Labute approximate surface area is 124 Å². The van der Waals surface area contributed by atoms with Crippen molar-refractivity contribution in [1.29, 1.82) is 0 Å². The van der Waals surface area contributed by atoms with Crippen LogP contribution in [0.15, 0.2) is 36.4 Å². The van der Waals surface area contributed by atoms with E-state index in [1.165, 1.54) is 28.8 Å². The van der Waals surface area contributed by atoms with Crippen LogP contribution in [0.1, 0.15) is 47.8 Å². The van der Waals surface area contributed by atoms with Crippen molar-refractivity contribution in [3.63, 3.8) is 0 Å². The number of ketones is 1. The van der Waals surface area contributed by atoms with Crippen LogP contribution in [0.5, 0.6) is 0 Å². The standard InChI is InChI=1S/C18H20OS/c1-2-3-4-13-5-7-14(8-6-13)16-11-12-17(20-16)18(19)15-9-10-15/h5-8,11-12,15H,2-4,9-10H2,1H3. The van der Waals surface area contributed by atoms with E-state index >= 15 is 0 Å². The molecular weight excluding hydrogens is 264 g/mol. The smallest absolute Gasteiger partial charge is 0.175 e. The van der Waals surface area contributed by atoms with Crippen molar-refractivity contribution >= 4 is 17.1 Å². The van der Waals surface area contributed by atoms with Crippen LogP contribution in [0.25, 0.3) is 10.4 Å². The highest BCUT2D eigenvalue weighted by atomic mass is 32.1. The predicted molar refractivity (Wildman–Crippen MR) is 85.4 cm³/mol. The number of Topliss-reactive ketones (excluding diaryl/α,β-unsaturated/α-hetero) is 1. The van der Waals surface area contributed by atoms with Gasteiger partial charge in [-0.25, -0.2) is 0 Å². The van der Waals surface area contributed by atoms with Gasteiger partial charge in [0.1, 0.15) is 0 Å². The molecule has 0 aliphatic heterocycles. The molecule has 1 heterocycles. The topological polar surface area (TPSA) is 17.1 Å². The van der Waals surface area contributed by atoms with E-state index in [9.17, 15) is 4.79 Å². The van der Waals surface area contributed by atoms with Crippen molar-refractivity contribution in [2.24, 2.45) is 5.92 Å². The first kappa shape index (κ1) is 13.6. The third-order valence-electron chi connectivity index (χ3n) is 3.85. The highest BCUT2D eigenvalue weighted by Gasteiger charge is 2.31. The normalized spacial score (nSPS) is 14.4. The Morgan fingerprint density at radius 3 is 2.55 bits per heavy atom. The van der Waals surface area contributed by atoms with Gasteiger partial charge in [-0.1, -0.05) is 37.6 Å². The zero-order valence-electron chi connectivity index (χ0n) is 11.9. The zero-order chi connectivity index (χ0) is 13.9. The number of hydrogen-bond acceptors (Lipinski definition) is 2. The number of unbranched alkanes of at least 4 members (excludes halogenated alkanes) is 1. The first-order valence-electron chi connectivity index (χ1n) is 7.51. The van der Waals surface area contributed by atoms with Crippen LogP contribution in [0.3, 0.4) is 0 Å².